The van der Waals surface area contributed by atoms with E-state index in [0.717, 1.165) is 5.56 Å². The van der Waals surface area contributed by atoms with Crippen molar-refractivity contribution in [3.63, 3.8) is 0 Å². The molecule has 3 aromatic rings. The van der Waals surface area contributed by atoms with Crippen molar-refractivity contribution in [2.45, 2.75) is 20.4 Å². The van der Waals surface area contributed by atoms with Crippen LogP contribution in [0.1, 0.15) is 27.4 Å². The summed E-state index contributed by atoms with van der Waals surface area (Å²) in [6, 6.07) is 7.36. The van der Waals surface area contributed by atoms with E-state index in [2.05, 4.69) is 15.5 Å². The number of amides is 1. The smallest absolute Gasteiger partial charge is 0.257 e. The Bertz CT molecular complexity index is 771. The Kier molecular flexibility index (Phi) is 3.74. The fraction of sp³-hybridized carbons (Fsp3) is 0.188. The first-order valence-electron chi connectivity index (χ1n) is 6.85. The van der Waals surface area contributed by atoms with Crippen molar-refractivity contribution < 1.29 is 13.7 Å². The van der Waals surface area contributed by atoms with Crippen LogP contribution in [0.2, 0.25) is 0 Å². The highest BCUT2D eigenvalue weighted by Gasteiger charge is 2.18. The Hall–Kier alpha value is -2.89. The molecule has 6 heteroatoms. The highest BCUT2D eigenvalue weighted by molar-refractivity contribution is 5.96. The standard InChI is InChI=1S/C16H15N3O3/c1-10-14(11(2)22-19-10)16(20)18-9-12-5-3-7-17-15(12)13-6-4-8-21-13/h3-8H,9H2,1-2H3,(H,18,20). The van der Waals surface area contributed by atoms with Gasteiger partial charge in [0.25, 0.3) is 5.91 Å². The first-order valence-corrected chi connectivity index (χ1v) is 6.85. The van der Waals surface area contributed by atoms with E-state index in [0.29, 0.717) is 35.0 Å². The SMILES string of the molecule is Cc1noc(C)c1C(=O)NCc1cccnc1-c1ccco1. The summed E-state index contributed by atoms with van der Waals surface area (Å²) in [4.78, 5) is 16.6. The molecule has 22 heavy (non-hydrogen) atoms. The number of aromatic nitrogens is 2. The third-order valence-electron chi connectivity index (χ3n) is 3.35. The number of aryl methyl sites for hydroxylation is 2. The van der Waals surface area contributed by atoms with Gasteiger partial charge in [0, 0.05) is 18.3 Å². The third kappa shape index (κ3) is 2.63. The average Bonchev–Trinajstić information content (AvgIpc) is 3.15. The summed E-state index contributed by atoms with van der Waals surface area (Å²) in [5.41, 5.74) is 2.64. The molecule has 0 spiro atoms. The number of rotatable bonds is 4. The predicted octanol–water partition coefficient (Wildman–Crippen LogP) is 2.88. The zero-order valence-corrected chi connectivity index (χ0v) is 12.3. The lowest BCUT2D eigenvalue weighted by Gasteiger charge is -2.08. The molecular weight excluding hydrogens is 282 g/mol. The fourth-order valence-electron chi connectivity index (χ4n) is 2.29. The molecule has 0 bridgehead atoms. The lowest BCUT2D eigenvalue weighted by atomic mass is 10.1. The molecule has 0 radical (unpaired) electrons. The molecule has 0 atom stereocenters. The highest BCUT2D eigenvalue weighted by atomic mass is 16.5. The van der Waals surface area contributed by atoms with Gasteiger partial charge in [-0.3, -0.25) is 9.78 Å². The molecule has 1 amide bonds. The van der Waals surface area contributed by atoms with Gasteiger partial charge in [-0.25, -0.2) is 0 Å². The largest absolute Gasteiger partial charge is 0.463 e. The molecule has 0 aromatic carbocycles. The second-order valence-corrected chi connectivity index (χ2v) is 4.87. The summed E-state index contributed by atoms with van der Waals surface area (Å²) in [6.07, 6.45) is 3.29. The van der Waals surface area contributed by atoms with Crippen LogP contribution in [0.3, 0.4) is 0 Å². The number of nitrogens with one attached hydrogen (secondary N) is 1. The average molecular weight is 297 g/mol. The maximum absolute atomic E-state index is 12.3. The van der Waals surface area contributed by atoms with E-state index < -0.39 is 0 Å². The summed E-state index contributed by atoms with van der Waals surface area (Å²) in [5, 5.41) is 6.65. The van der Waals surface area contributed by atoms with Crippen LogP contribution in [0.5, 0.6) is 0 Å². The first kappa shape index (κ1) is 14.1. The van der Waals surface area contributed by atoms with Crippen molar-refractivity contribution >= 4 is 5.91 Å². The number of carbonyl (C=O) groups excluding carboxylic acids is 1. The Balaban J connectivity index is 1.79. The quantitative estimate of drug-likeness (QED) is 0.800. The summed E-state index contributed by atoms with van der Waals surface area (Å²) in [5.74, 6) is 0.958. The van der Waals surface area contributed by atoms with Crippen LogP contribution in [0, 0.1) is 13.8 Å². The van der Waals surface area contributed by atoms with Gasteiger partial charge in [-0.2, -0.15) is 0 Å². The molecule has 0 saturated heterocycles. The molecule has 3 aromatic heterocycles. The van der Waals surface area contributed by atoms with Crippen LogP contribution in [0.25, 0.3) is 11.5 Å². The predicted molar refractivity (Wildman–Crippen MR) is 79.1 cm³/mol. The van der Waals surface area contributed by atoms with Gasteiger partial charge in [0.2, 0.25) is 0 Å². The molecule has 0 fully saturated rings. The van der Waals surface area contributed by atoms with Crippen LogP contribution in [0.15, 0.2) is 45.7 Å². The lowest BCUT2D eigenvalue weighted by Crippen LogP contribution is -2.24. The van der Waals surface area contributed by atoms with Gasteiger partial charge in [0.15, 0.2) is 5.76 Å². The summed E-state index contributed by atoms with van der Waals surface area (Å²) < 4.78 is 10.4. The second kappa shape index (κ2) is 5.85. The van der Waals surface area contributed by atoms with Crippen molar-refractivity contribution in [3.05, 3.63) is 59.3 Å². The number of carbonyl (C=O) groups is 1. The molecule has 3 heterocycles. The minimum Gasteiger partial charge on any atom is -0.463 e. The Labute approximate surface area is 127 Å². The molecule has 0 unspecified atom stereocenters. The molecule has 0 saturated carbocycles. The van der Waals surface area contributed by atoms with Crippen LogP contribution < -0.4 is 5.32 Å². The van der Waals surface area contributed by atoms with Crippen LogP contribution in [-0.4, -0.2) is 16.0 Å². The van der Waals surface area contributed by atoms with Gasteiger partial charge < -0.3 is 14.3 Å². The summed E-state index contributed by atoms with van der Waals surface area (Å²) in [7, 11) is 0. The van der Waals surface area contributed by atoms with E-state index in [1.807, 2.05) is 18.2 Å². The normalized spacial score (nSPS) is 10.6. The number of nitrogens with zero attached hydrogens (tertiary/aromatic N) is 2. The second-order valence-electron chi connectivity index (χ2n) is 4.87. The number of pyridine rings is 1. The van der Waals surface area contributed by atoms with E-state index in [1.54, 1.807) is 32.4 Å². The summed E-state index contributed by atoms with van der Waals surface area (Å²) in [6.45, 7) is 3.80. The molecule has 0 aliphatic rings. The van der Waals surface area contributed by atoms with Gasteiger partial charge in [-0.15, -0.1) is 0 Å². The monoisotopic (exact) mass is 297 g/mol. The van der Waals surface area contributed by atoms with Gasteiger partial charge >= 0.3 is 0 Å². The van der Waals surface area contributed by atoms with Gasteiger partial charge in [0.1, 0.15) is 17.0 Å². The Morgan fingerprint density at radius 1 is 1.27 bits per heavy atom. The molecule has 1 N–H and O–H groups in total. The van der Waals surface area contributed by atoms with Crippen molar-refractivity contribution in [1.82, 2.24) is 15.5 Å². The Morgan fingerprint density at radius 3 is 2.82 bits per heavy atom. The fourth-order valence-corrected chi connectivity index (χ4v) is 2.29. The summed E-state index contributed by atoms with van der Waals surface area (Å²) >= 11 is 0. The molecule has 6 nitrogen and oxygen atoms in total. The highest BCUT2D eigenvalue weighted by Crippen LogP contribution is 2.21. The maximum atomic E-state index is 12.3. The van der Waals surface area contributed by atoms with E-state index in [4.69, 9.17) is 8.94 Å². The van der Waals surface area contributed by atoms with Gasteiger partial charge in [-0.1, -0.05) is 11.2 Å². The van der Waals surface area contributed by atoms with Crippen molar-refractivity contribution in [2.75, 3.05) is 0 Å². The van der Waals surface area contributed by atoms with E-state index >= 15 is 0 Å². The topological polar surface area (TPSA) is 81.2 Å². The first-order chi connectivity index (χ1) is 10.7. The van der Waals surface area contributed by atoms with Crippen molar-refractivity contribution in [2.24, 2.45) is 0 Å². The number of furan rings is 1. The van der Waals surface area contributed by atoms with Crippen molar-refractivity contribution in [1.29, 1.82) is 0 Å². The molecule has 3 rings (SSSR count). The van der Waals surface area contributed by atoms with E-state index in [9.17, 15) is 4.79 Å². The zero-order valence-electron chi connectivity index (χ0n) is 12.3. The number of hydrogen-bond donors (Lipinski definition) is 1. The Morgan fingerprint density at radius 2 is 2.14 bits per heavy atom. The van der Waals surface area contributed by atoms with Crippen molar-refractivity contribution in [3.8, 4) is 11.5 Å². The van der Waals surface area contributed by atoms with Gasteiger partial charge in [0.05, 0.1) is 12.0 Å². The number of hydrogen-bond acceptors (Lipinski definition) is 5. The molecule has 0 aliphatic carbocycles. The maximum Gasteiger partial charge on any atom is 0.257 e. The third-order valence-corrected chi connectivity index (χ3v) is 3.35. The molecule has 0 aliphatic heterocycles. The van der Waals surface area contributed by atoms with E-state index in [-0.39, 0.29) is 5.91 Å². The molecule has 112 valence electrons. The minimum atomic E-state index is -0.217. The molecular formula is C16H15N3O3. The van der Waals surface area contributed by atoms with Crippen LogP contribution in [0.4, 0.5) is 0 Å². The lowest BCUT2D eigenvalue weighted by molar-refractivity contribution is 0.0949. The van der Waals surface area contributed by atoms with Crippen LogP contribution in [-0.2, 0) is 6.54 Å². The van der Waals surface area contributed by atoms with Crippen LogP contribution >= 0.6 is 0 Å². The van der Waals surface area contributed by atoms with E-state index in [1.165, 1.54) is 0 Å². The zero-order chi connectivity index (χ0) is 15.5. The van der Waals surface area contributed by atoms with Gasteiger partial charge in [-0.05, 0) is 32.0 Å². The minimum absolute atomic E-state index is 0.217.